The Morgan fingerprint density at radius 3 is 2.61 bits per heavy atom. The highest BCUT2D eigenvalue weighted by Gasteiger charge is 2.20. The second kappa shape index (κ2) is 7.21. The molecule has 2 aromatic rings. The molecule has 0 spiro atoms. The lowest BCUT2D eigenvalue weighted by Gasteiger charge is -2.35. The summed E-state index contributed by atoms with van der Waals surface area (Å²) in [4.78, 5) is 4.62. The van der Waals surface area contributed by atoms with Crippen molar-refractivity contribution in [2.45, 2.75) is 12.6 Å². The number of piperazine rings is 1. The van der Waals surface area contributed by atoms with Crippen LogP contribution in [0, 0.1) is 5.82 Å². The number of aromatic nitrogens is 2. The minimum Gasteiger partial charge on any atom is -0.387 e. The Morgan fingerprint density at radius 2 is 1.96 bits per heavy atom. The van der Waals surface area contributed by atoms with E-state index in [9.17, 15) is 9.50 Å². The average molecular weight is 318 g/mol. The molecule has 1 atom stereocenters. The Balaban J connectivity index is 1.47. The number of hydrogen-bond acceptors (Lipinski definition) is 4. The van der Waals surface area contributed by atoms with Gasteiger partial charge in [0.05, 0.1) is 12.3 Å². The van der Waals surface area contributed by atoms with Gasteiger partial charge in [-0.05, 0) is 17.7 Å². The van der Waals surface area contributed by atoms with Crippen LogP contribution in [0.15, 0.2) is 36.7 Å². The third-order valence-corrected chi connectivity index (χ3v) is 4.29. The fraction of sp³-hybridized carbons (Fsp3) is 0.471. The second-order valence-electron chi connectivity index (χ2n) is 6.17. The molecule has 6 heteroatoms. The maximum absolute atomic E-state index is 13.2. The molecular weight excluding hydrogens is 295 g/mol. The summed E-state index contributed by atoms with van der Waals surface area (Å²) in [5.74, 6) is -0.303. The monoisotopic (exact) mass is 318 g/mol. The lowest BCUT2D eigenvalue weighted by atomic mass is 10.1. The van der Waals surface area contributed by atoms with Crippen LogP contribution in [0.5, 0.6) is 0 Å². The highest BCUT2D eigenvalue weighted by atomic mass is 19.1. The molecule has 1 unspecified atom stereocenters. The van der Waals surface area contributed by atoms with Gasteiger partial charge in [-0.15, -0.1) is 0 Å². The van der Waals surface area contributed by atoms with Gasteiger partial charge in [-0.25, -0.2) is 4.39 Å². The normalized spacial score (nSPS) is 18.2. The molecule has 1 N–H and O–H groups in total. The average Bonchev–Trinajstić information content (AvgIpc) is 2.94. The lowest BCUT2D eigenvalue weighted by Crippen LogP contribution is -2.47. The molecule has 0 saturated carbocycles. The summed E-state index contributed by atoms with van der Waals surface area (Å²) in [6.07, 6.45) is 3.30. The van der Waals surface area contributed by atoms with E-state index in [0.717, 1.165) is 32.7 Å². The first kappa shape index (κ1) is 16.1. The van der Waals surface area contributed by atoms with Crippen molar-refractivity contribution >= 4 is 0 Å². The number of aliphatic hydroxyl groups excluding tert-OH is 1. The Labute approximate surface area is 135 Å². The molecule has 0 amide bonds. The number of β-amino-alcohol motifs (C(OH)–C–C–N with tert-alkyl or cyclic N) is 1. The highest BCUT2D eigenvalue weighted by Crippen LogP contribution is 2.17. The standard InChI is InChI=1S/C17H23FN4O/c1-20-11-14(10-19-20)12-21-5-7-22(8-6-21)13-17(23)15-3-2-4-16(18)9-15/h2-4,9-11,17,23H,5-8,12-13H2,1H3. The number of rotatable bonds is 5. The summed E-state index contributed by atoms with van der Waals surface area (Å²) >= 11 is 0. The van der Waals surface area contributed by atoms with Crippen molar-refractivity contribution < 1.29 is 9.50 Å². The third kappa shape index (κ3) is 4.37. The summed E-state index contributed by atoms with van der Waals surface area (Å²) in [5.41, 5.74) is 1.86. The molecule has 3 rings (SSSR count). The second-order valence-corrected chi connectivity index (χ2v) is 6.17. The molecule has 5 nitrogen and oxygen atoms in total. The van der Waals surface area contributed by atoms with Gasteiger partial charge in [0, 0.05) is 58.1 Å². The van der Waals surface area contributed by atoms with Crippen LogP contribution < -0.4 is 0 Å². The van der Waals surface area contributed by atoms with Crippen molar-refractivity contribution in [1.82, 2.24) is 19.6 Å². The first-order valence-electron chi connectivity index (χ1n) is 7.96. The quantitative estimate of drug-likeness (QED) is 0.905. The van der Waals surface area contributed by atoms with Gasteiger partial charge < -0.3 is 5.11 Å². The van der Waals surface area contributed by atoms with Gasteiger partial charge in [0.25, 0.3) is 0 Å². The molecule has 1 fully saturated rings. The van der Waals surface area contributed by atoms with E-state index in [4.69, 9.17) is 0 Å². The molecule has 1 aliphatic rings. The zero-order valence-corrected chi connectivity index (χ0v) is 13.4. The molecule has 23 heavy (non-hydrogen) atoms. The summed E-state index contributed by atoms with van der Waals surface area (Å²) in [6, 6.07) is 6.21. The maximum Gasteiger partial charge on any atom is 0.123 e. The number of benzene rings is 1. The van der Waals surface area contributed by atoms with E-state index in [1.165, 1.54) is 17.7 Å². The summed E-state index contributed by atoms with van der Waals surface area (Å²) in [5, 5.41) is 14.5. The first-order valence-corrected chi connectivity index (χ1v) is 7.96. The van der Waals surface area contributed by atoms with Crippen molar-refractivity contribution in [3.8, 4) is 0 Å². The first-order chi connectivity index (χ1) is 11.1. The van der Waals surface area contributed by atoms with Crippen LogP contribution in [0.25, 0.3) is 0 Å². The van der Waals surface area contributed by atoms with Crippen molar-refractivity contribution in [2.24, 2.45) is 7.05 Å². The topological polar surface area (TPSA) is 44.5 Å². The van der Waals surface area contributed by atoms with Crippen molar-refractivity contribution in [3.05, 3.63) is 53.6 Å². The number of halogens is 1. The van der Waals surface area contributed by atoms with Crippen LogP contribution in [0.1, 0.15) is 17.2 Å². The predicted molar refractivity (Wildman–Crippen MR) is 86.3 cm³/mol. The zero-order valence-electron chi connectivity index (χ0n) is 13.4. The maximum atomic E-state index is 13.2. The fourth-order valence-electron chi connectivity index (χ4n) is 3.01. The Morgan fingerprint density at radius 1 is 1.22 bits per heavy atom. The molecule has 0 bridgehead atoms. The van der Waals surface area contributed by atoms with Gasteiger partial charge in [0.2, 0.25) is 0 Å². The molecule has 0 aliphatic carbocycles. The molecular formula is C17H23FN4O. The van der Waals surface area contributed by atoms with Crippen molar-refractivity contribution in [1.29, 1.82) is 0 Å². The minimum absolute atomic E-state index is 0.303. The van der Waals surface area contributed by atoms with Gasteiger partial charge in [-0.1, -0.05) is 12.1 Å². The molecule has 1 aromatic heterocycles. The molecule has 2 heterocycles. The van der Waals surface area contributed by atoms with Gasteiger partial charge in [-0.2, -0.15) is 5.10 Å². The van der Waals surface area contributed by atoms with Crippen LogP contribution >= 0.6 is 0 Å². The number of aliphatic hydroxyl groups is 1. The van der Waals surface area contributed by atoms with E-state index in [2.05, 4.69) is 14.9 Å². The van der Waals surface area contributed by atoms with E-state index in [1.807, 2.05) is 24.1 Å². The van der Waals surface area contributed by atoms with E-state index >= 15 is 0 Å². The molecule has 124 valence electrons. The van der Waals surface area contributed by atoms with Gasteiger partial charge >= 0.3 is 0 Å². The summed E-state index contributed by atoms with van der Waals surface area (Å²) in [6.45, 7) is 5.20. The van der Waals surface area contributed by atoms with E-state index in [-0.39, 0.29) is 5.82 Å². The molecule has 0 radical (unpaired) electrons. The van der Waals surface area contributed by atoms with Crippen molar-refractivity contribution in [3.63, 3.8) is 0 Å². The van der Waals surface area contributed by atoms with Crippen LogP contribution in [0.3, 0.4) is 0 Å². The van der Waals surface area contributed by atoms with Crippen LogP contribution in [-0.2, 0) is 13.6 Å². The zero-order chi connectivity index (χ0) is 16.2. The smallest absolute Gasteiger partial charge is 0.123 e. The molecule has 1 saturated heterocycles. The van der Waals surface area contributed by atoms with Gasteiger partial charge in [0.1, 0.15) is 5.82 Å². The van der Waals surface area contributed by atoms with Gasteiger partial charge in [0.15, 0.2) is 0 Å². The third-order valence-electron chi connectivity index (χ3n) is 4.29. The Kier molecular flexibility index (Phi) is 5.05. The van der Waals surface area contributed by atoms with Crippen LogP contribution in [0.4, 0.5) is 4.39 Å². The number of nitrogens with zero attached hydrogens (tertiary/aromatic N) is 4. The Hall–Kier alpha value is -1.76. The number of hydrogen-bond donors (Lipinski definition) is 1. The van der Waals surface area contributed by atoms with Crippen LogP contribution in [-0.4, -0.2) is 57.4 Å². The lowest BCUT2D eigenvalue weighted by molar-refractivity contribution is 0.0699. The highest BCUT2D eigenvalue weighted by molar-refractivity contribution is 5.19. The molecule has 1 aliphatic heterocycles. The van der Waals surface area contributed by atoms with Gasteiger partial charge in [-0.3, -0.25) is 14.5 Å². The summed E-state index contributed by atoms with van der Waals surface area (Å²) < 4.78 is 15.0. The van der Waals surface area contributed by atoms with Crippen LogP contribution in [0.2, 0.25) is 0 Å². The minimum atomic E-state index is -0.643. The SMILES string of the molecule is Cn1cc(CN2CCN(CC(O)c3cccc(F)c3)CC2)cn1. The Bertz CT molecular complexity index is 637. The van der Waals surface area contributed by atoms with E-state index in [1.54, 1.807) is 12.1 Å². The van der Waals surface area contributed by atoms with Crippen molar-refractivity contribution in [2.75, 3.05) is 32.7 Å². The van der Waals surface area contributed by atoms with E-state index in [0.29, 0.717) is 12.1 Å². The summed E-state index contributed by atoms with van der Waals surface area (Å²) in [7, 11) is 1.93. The van der Waals surface area contributed by atoms with E-state index < -0.39 is 6.10 Å². The number of aryl methyl sites for hydroxylation is 1. The molecule has 1 aromatic carbocycles. The predicted octanol–water partition coefficient (Wildman–Crippen LogP) is 1.41. The fourth-order valence-corrected chi connectivity index (χ4v) is 3.01. The largest absolute Gasteiger partial charge is 0.387 e.